The molecule has 1 N–H and O–H groups in total. The van der Waals surface area contributed by atoms with Crippen molar-refractivity contribution in [3.8, 4) is 5.75 Å². The highest BCUT2D eigenvalue weighted by Gasteiger charge is 2.18. The molecule has 1 fully saturated rings. The normalized spacial score (nSPS) is 14.3. The zero-order chi connectivity index (χ0) is 18.4. The van der Waals surface area contributed by atoms with Crippen LogP contribution in [0.5, 0.6) is 5.75 Å². The van der Waals surface area contributed by atoms with E-state index in [1.807, 2.05) is 6.92 Å². The zero-order valence-corrected chi connectivity index (χ0v) is 15.1. The fourth-order valence-corrected chi connectivity index (χ4v) is 3.31. The monoisotopic (exact) mass is 355 g/mol. The Balaban J connectivity index is 1.52. The molecule has 0 aliphatic heterocycles. The number of benzene rings is 1. The second-order valence-electron chi connectivity index (χ2n) is 6.54. The van der Waals surface area contributed by atoms with Crippen molar-refractivity contribution in [1.82, 2.24) is 14.9 Å². The number of aromatic nitrogens is 2. The van der Waals surface area contributed by atoms with Gasteiger partial charge in [0.05, 0.1) is 18.6 Å². The van der Waals surface area contributed by atoms with Crippen LogP contribution in [0.4, 0.5) is 0 Å². The molecule has 1 aliphatic rings. The summed E-state index contributed by atoms with van der Waals surface area (Å²) in [5.74, 6) is 0.998. The Morgan fingerprint density at radius 3 is 2.65 bits per heavy atom. The van der Waals surface area contributed by atoms with E-state index in [0.29, 0.717) is 31.2 Å². The van der Waals surface area contributed by atoms with Gasteiger partial charge in [0.1, 0.15) is 5.75 Å². The summed E-state index contributed by atoms with van der Waals surface area (Å²) in [4.78, 5) is 28.8. The molecule has 1 amide bonds. The Kier molecular flexibility index (Phi) is 6.04. The van der Waals surface area contributed by atoms with Gasteiger partial charge in [-0.15, -0.1) is 0 Å². The molecule has 0 saturated heterocycles. The highest BCUT2D eigenvalue weighted by Crippen LogP contribution is 2.32. The van der Waals surface area contributed by atoms with E-state index in [2.05, 4.69) is 10.3 Å². The second kappa shape index (κ2) is 8.65. The molecule has 0 radical (unpaired) electrons. The highest BCUT2D eigenvalue weighted by atomic mass is 16.5. The number of hydrogen-bond donors (Lipinski definition) is 1. The van der Waals surface area contributed by atoms with Gasteiger partial charge in [0.15, 0.2) is 0 Å². The molecule has 0 spiro atoms. The molecule has 138 valence electrons. The summed E-state index contributed by atoms with van der Waals surface area (Å²) in [6, 6.07) is 8.64. The van der Waals surface area contributed by atoms with E-state index >= 15 is 0 Å². The Labute approximate surface area is 153 Å². The fourth-order valence-electron chi connectivity index (χ4n) is 3.31. The lowest BCUT2D eigenvalue weighted by molar-refractivity contribution is 0.0952. The average molecular weight is 355 g/mol. The van der Waals surface area contributed by atoms with Crippen molar-refractivity contribution < 1.29 is 9.53 Å². The van der Waals surface area contributed by atoms with Crippen molar-refractivity contribution in [3.63, 3.8) is 0 Å². The van der Waals surface area contributed by atoms with Crippen molar-refractivity contribution in [2.75, 3.05) is 13.2 Å². The Morgan fingerprint density at radius 2 is 2.00 bits per heavy atom. The second-order valence-corrected chi connectivity index (χ2v) is 6.54. The number of amides is 1. The minimum absolute atomic E-state index is 0.0581. The third kappa shape index (κ3) is 4.50. The largest absolute Gasteiger partial charge is 0.494 e. The fraction of sp³-hybridized carbons (Fsp3) is 0.450. The molecule has 1 saturated carbocycles. The summed E-state index contributed by atoms with van der Waals surface area (Å²) in [7, 11) is 0. The van der Waals surface area contributed by atoms with E-state index in [1.165, 1.54) is 17.4 Å². The topological polar surface area (TPSA) is 73.2 Å². The van der Waals surface area contributed by atoms with Crippen molar-refractivity contribution in [3.05, 3.63) is 58.3 Å². The van der Waals surface area contributed by atoms with E-state index in [-0.39, 0.29) is 11.5 Å². The van der Waals surface area contributed by atoms with Crippen LogP contribution >= 0.6 is 0 Å². The number of carbonyl (C=O) groups excluding carboxylic acids is 1. The third-order valence-corrected chi connectivity index (χ3v) is 4.74. The van der Waals surface area contributed by atoms with Crippen molar-refractivity contribution in [1.29, 1.82) is 0 Å². The summed E-state index contributed by atoms with van der Waals surface area (Å²) in [5.41, 5.74) is 1.41. The van der Waals surface area contributed by atoms with Gasteiger partial charge in [-0.05, 0) is 44.0 Å². The number of ether oxygens (including phenoxy) is 1. The molecule has 0 atom stereocenters. The summed E-state index contributed by atoms with van der Waals surface area (Å²) >= 11 is 0. The van der Waals surface area contributed by atoms with Crippen molar-refractivity contribution in [2.24, 2.45) is 0 Å². The van der Waals surface area contributed by atoms with Crippen molar-refractivity contribution in [2.45, 2.75) is 45.1 Å². The molecule has 0 unspecified atom stereocenters. The molecule has 6 nitrogen and oxygen atoms in total. The number of nitrogens with zero attached hydrogens (tertiary/aromatic N) is 2. The summed E-state index contributed by atoms with van der Waals surface area (Å²) in [5, 5.41) is 2.83. The number of nitrogens with one attached hydrogen (secondary N) is 1. The Hall–Kier alpha value is -2.63. The quantitative estimate of drug-likeness (QED) is 0.829. The van der Waals surface area contributed by atoms with Crippen LogP contribution in [0.15, 0.2) is 41.5 Å². The van der Waals surface area contributed by atoms with Crippen LogP contribution in [0.3, 0.4) is 0 Å². The van der Waals surface area contributed by atoms with E-state index in [0.717, 1.165) is 24.3 Å². The summed E-state index contributed by atoms with van der Waals surface area (Å²) in [6.45, 7) is 3.28. The molecular formula is C20H25N3O3. The van der Waals surface area contributed by atoms with E-state index in [9.17, 15) is 9.59 Å². The lowest BCUT2D eigenvalue weighted by Crippen LogP contribution is -2.31. The lowest BCUT2D eigenvalue weighted by atomic mass is 10.0. The standard InChI is InChI=1S/C20H25N3O3/c1-2-26-17-9-7-16(8-10-17)20(25)21-11-12-23-14-22-18(13-19(23)24)15-5-3-4-6-15/h7-10,13-15H,2-6,11-12H2,1H3,(H,21,25). The SMILES string of the molecule is CCOc1ccc(C(=O)NCCn2cnc(C3CCCC3)cc2=O)cc1. The van der Waals surface area contributed by atoms with Crippen LogP contribution < -0.4 is 15.6 Å². The molecule has 3 rings (SSSR count). The van der Waals surface area contributed by atoms with Crippen LogP contribution in [0.1, 0.15) is 54.6 Å². The number of carbonyl (C=O) groups is 1. The van der Waals surface area contributed by atoms with Crippen LogP contribution in [0, 0.1) is 0 Å². The zero-order valence-electron chi connectivity index (χ0n) is 15.1. The first kappa shape index (κ1) is 18.2. The number of rotatable bonds is 7. The van der Waals surface area contributed by atoms with Gasteiger partial charge < -0.3 is 10.1 Å². The molecule has 6 heteroatoms. The minimum atomic E-state index is -0.170. The molecule has 0 bridgehead atoms. The first-order chi connectivity index (χ1) is 12.7. The predicted octanol–water partition coefficient (Wildman–Crippen LogP) is 2.73. The van der Waals surface area contributed by atoms with Gasteiger partial charge in [-0.1, -0.05) is 12.8 Å². The number of hydrogen-bond acceptors (Lipinski definition) is 4. The van der Waals surface area contributed by atoms with Gasteiger partial charge in [0.2, 0.25) is 0 Å². The first-order valence-electron chi connectivity index (χ1n) is 9.25. The van der Waals surface area contributed by atoms with Crippen LogP contribution in [-0.2, 0) is 6.54 Å². The van der Waals surface area contributed by atoms with Crippen LogP contribution in [0.2, 0.25) is 0 Å². The smallest absolute Gasteiger partial charge is 0.253 e. The Morgan fingerprint density at radius 1 is 1.27 bits per heavy atom. The van der Waals surface area contributed by atoms with E-state index in [4.69, 9.17) is 4.74 Å². The molecule has 2 aromatic rings. The first-order valence-corrected chi connectivity index (χ1v) is 9.25. The van der Waals surface area contributed by atoms with Crippen LogP contribution in [-0.4, -0.2) is 28.6 Å². The van der Waals surface area contributed by atoms with Crippen molar-refractivity contribution >= 4 is 5.91 Å². The highest BCUT2D eigenvalue weighted by molar-refractivity contribution is 5.94. The average Bonchev–Trinajstić information content (AvgIpc) is 3.18. The Bertz CT molecular complexity index is 793. The third-order valence-electron chi connectivity index (χ3n) is 4.74. The predicted molar refractivity (Wildman–Crippen MR) is 99.7 cm³/mol. The van der Waals surface area contributed by atoms with Crippen LogP contribution in [0.25, 0.3) is 0 Å². The lowest BCUT2D eigenvalue weighted by Gasteiger charge is -2.11. The van der Waals surface area contributed by atoms with Gasteiger partial charge in [0.25, 0.3) is 11.5 Å². The molecule has 1 aliphatic carbocycles. The summed E-state index contributed by atoms with van der Waals surface area (Å²) in [6.07, 6.45) is 6.27. The van der Waals surface area contributed by atoms with Gasteiger partial charge in [-0.2, -0.15) is 0 Å². The van der Waals surface area contributed by atoms with Gasteiger partial charge in [-0.25, -0.2) is 4.98 Å². The molecule has 1 aromatic heterocycles. The van der Waals surface area contributed by atoms with E-state index < -0.39 is 0 Å². The summed E-state index contributed by atoms with van der Waals surface area (Å²) < 4.78 is 6.90. The maximum Gasteiger partial charge on any atom is 0.253 e. The maximum absolute atomic E-state index is 12.2. The maximum atomic E-state index is 12.2. The molecule has 1 heterocycles. The van der Waals surface area contributed by atoms with E-state index in [1.54, 1.807) is 36.7 Å². The van der Waals surface area contributed by atoms with Gasteiger partial charge in [0, 0.05) is 30.6 Å². The molecule has 26 heavy (non-hydrogen) atoms. The molecular weight excluding hydrogens is 330 g/mol. The molecule has 1 aromatic carbocycles. The van der Waals surface area contributed by atoms with Gasteiger partial charge >= 0.3 is 0 Å². The van der Waals surface area contributed by atoms with Gasteiger partial charge in [-0.3, -0.25) is 14.2 Å². The minimum Gasteiger partial charge on any atom is -0.494 e.